The first kappa shape index (κ1) is 21.5. The zero-order valence-corrected chi connectivity index (χ0v) is 18.4. The van der Waals surface area contributed by atoms with Crippen molar-refractivity contribution >= 4 is 17.3 Å². The second-order valence-electron chi connectivity index (χ2n) is 9.59. The molecule has 2 fully saturated rings. The van der Waals surface area contributed by atoms with Crippen molar-refractivity contribution in [2.24, 2.45) is 0 Å². The lowest BCUT2D eigenvalue weighted by molar-refractivity contribution is 0.0887. The molecule has 0 bridgehead atoms. The molecular weight excluding hydrogens is 373 g/mol. The summed E-state index contributed by atoms with van der Waals surface area (Å²) < 4.78 is 19.1. The predicted molar refractivity (Wildman–Crippen MR) is 116 cm³/mol. The van der Waals surface area contributed by atoms with Gasteiger partial charge in [0.25, 0.3) is 0 Å². The number of ether oxygens (including phenoxy) is 1. The third-order valence-corrected chi connectivity index (χ3v) is 5.92. The minimum atomic E-state index is -0.214. The van der Waals surface area contributed by atoms with Crippen molar-refractivity contribution in [3.8, 4) is 0 Å². The smallest absolute Gasteiger partial charge is 0.169 e. The summed E-state index contributed by atoms with van der Waals surface area (Å²) in [6.07, 6.45) is 4.41. The summed E-state index contributed by atoms with van der Waals surface area (Å²) in [5, 5.41) is 8.10. The Morgan fingerprint density at radius 2 is 1.86 bits per heavy atom. The van der Waals surface area contributed by atoms with E-state index in [9.17, 15) is 4.39 Å². The van der Waals surface area contributed by atoms with Crippen LogP contribution >= 0.6 is 12.2 Å². The summed E-state index contributed by atoms with van der Waals surface area (Å²) in [6, 6.07) is 7.00. The van der Waals surface area contributed by atoms with E-state index >= 15 is 0 Å². The van der Waals surface area contributed by atoms with Gasteiger partial charge >= 0.3 is 0 Å². The average Bonchev–Trinajstić information content (AvgIpc) is 3.06. The molecule has 1 unspecified atom stereocenters. The minimum Gasteiger partial charge on any atom is -0.376 e. The van der Waals surface area contributed by atoms with E-state index in [-0.39, 0.29) is 23.0 Å². The fourth-order valence-electron chi connectivity index (χ4n) is 4.75. The van der Waals surface area contributed by atoms with Gasteiger partial charge in [0, 0.05) is 36.8 Å². The summed E-state index contributed by atoms with van der Waals surface area (Å²) in [4.78, 5) is 2.18. The van der Waals surface area contributed by atoms with Gasteiger partial charge < -0.3 is 20.3 Å². The highest BCUT2D eigenvalue weighted by atomic mass is 32.1. The zero-order chi connectivity index (χ0) is 20.4. The van der Waals surface area contributed by atoms with E-state index < -0.39 is 0 Å². The summed E-state index contributed by atoms with van der Waals surface area (Å²) in [5.74, 6) is -0.214. The van der Waals surface area contributed by atoms with E-state index in [1.54, 1.807) is 0 Å². The summed E-state index contributed by atoms with van der Waals surface area (Å²) in [7, 11) is 0. The lowest BCUT2D eigenvalue weighted by atomic mass is 9.80. The van der Waals surface area contributed by atoms with Gasteiger partial charge in [-0.15, -0.1) is 0 Å². The van der Waals surface area contributed by atoms with Crippen LogP contribution in [0, 0.1) is 5.82 Å². The number of nitrogens with one attached hydrogen (secondary N) is 2. The molecule has 0 saturated carbocycles. The maximum absolute atomic E-state index is 13.3. The van der Waals surface area contributed by atoms with E-state index in [0.717, 1.165) is 49.5 Å². The number of thiocarbonyl (C=S) groups is 1. The zero-order valence-electron chi connectivity index (χ0n) is 17.6. The molecule has 3 rings (SSSR count). The van der Waals surface area contributed by atoms with Crippen molar-refractivity contribution in [1.29, 1.82) is 0 Å². The lowest BCUT2D eigenvalue weighted by Crippen LogP contribution is -2.63. The maximum atomic E-state index is 13.3. The highest BCUT2D eigenvalue weighted by molar-refractivity contribution is 7.80. The van der Waals surface area contributed by atoms with Gasteiger partial charge in [-0.1, -0.05) is 12.1 Å². The van der Waals surface area contributed by atoms with Crippen LogP contribution in [0.5, 0.6) is 0 Å². The highest BCUT2D eigenvalue weighted by Gasteiger charge is 2.38. The monoisotopic (exact) mass is 407 g/mol. The van der Waals surface area contributed by atoms with E-state index in [2.05, 4.69) is 43.2 Å². The largest absolute Gasteiger partial charge is 0.376 e. The van der Waals surface area contributed by atoms with Crippen LogP contribution in [0.4, 0.5) is 4.39 Å². The number of hydrogen-bond donors (Lipinski definition) is 2. The topological polar surface area (TPSA) is 36.5 Å². The number of benzene rings is 1. The third kappa shape index (κ3) is 6.13. The molecule has 2 aliphatic rings. The van der Waals surface area contributed by atoms with Gasteiger partial charge in [-0.2, -0.15) is 0 Å². The molecule has 6 heteroatoms. The normalized spacial score (nSPS) is 24.1. The Morgan fingerprint density at radius 3 is 2.43 bits per heavy atom. The van der Waals surface area contributed by atoms with Crippen molar-refractivity contribution in [1.82, 2.24) is 15.5 Å². The van der Waals surface area contributed by atoms with Crippen molar-refractivity contribution in [2.45, 2.75) is 83.1 Å². The predicted octanol–water partition coefficient (Wildman–Crippen LogP) is 3.99. The molecule has 1 aromatic rings. The number of rotatable bonds is 5. The number of hydrogen-bond acceptors (Lipinski definition) is 3. The van der Waals surface area contributed by atoms with Crippen LogP contribution < -0.4 is 10.6 Å². The molecule has 2 heterocycles. The fraction of sp³-hybridized carbons (Fsp3) is 0.682. The van der Waals surface area contributed by atoms with Gasteiger partial charge in [-0.05, 0) is 83.3 Å². The molecule has 2 N–H and O–H groups in total. The lowest BCUT2D eigenvalue weighted by Gasteiger charge is -2.47. The average molecular weight is 408 g/mol. The molecule has 1 aromatic carbocycles. The molecular formula is C22H34FN3OS. The van der Waals surface area contributed by atoms with Crippen LogP contribution in [0.1, 0.15) is 58.9 Å². The van der Waals surface area contributed by atoms with E-state index in [1.807, 2.05) is 12.1 Å². The Balaban J connectivity index is 1.69. The Bertz CT molecular complexity index is 655. The highest BCUT2D eigenvalue weighted by Crippen LogP contribution is 2.28. The van der Waals surface area contributed by atoms with Gasteiger partial charge in [-0.3, -0.25) is 0 Å². The van der Waals surface area contributed by atoms with Gasteiger partial charge in [0.15, 0.2) is 5.11 Å². The minimum absolute atomic E-state index is 0.0609. The van der Waals surface area contributed by atoms with Gasteiger partial charge in [0.1, 0.15) is 5.82 Å². The van der Waals surface area contributed by atoms with Crippen molar-refractivity contribution in [2.75, 3.05) is 13.2 Å². The molecule has 0 aliphatic carbocycles. The standard InChI is InChI=1S/C22H34FN3OS/c1-21(2)12-18(13-22(3,4)25-21)24-20(28)26(15-19-6-5-11-27-19)14-16-7-9-17(23)10-8-16/h7-10,18-19,25H,5-6,11-15H2,1-4H3,(H,24,28). The van der Waals surface area contributed by atoms with Crippen LogP contribution in [-0.4, -0.2) is 46.4 Å². The number of halogens is 1. The van der Waals surface area contributed by atoms with E-state index in [0.29, 0.717) is 12.6 Å². The molecule has 2 aliphatic heterocycles. The SMILES string of the molecule is CC1(C)CC(NC(=S)N(Cc2ccc(F)cc2)CC2CCCO2)CC(C)(C)N1. The van der Waals surface area contributed by atoms with Crippen LogP contribution in [-0.2, 0) is 11.3 Å². The number of nitrogens with zero attached hydrogens (tertiary/aromatic N) is 1. The molecule has 1 atom stereocenters. The Kier molecular flexibility index (Phi) is 6.62. The molecule has 0 radical (unpaired) electrons. The molecule has 2 saturated heterocycles. The quantitative estimate of drug-likeness (QED) is 0.722. The van der Waals surface area contributed by atoms with Crippen molar-refractivity contribution in [3.05, 3.63) is 35.6 Å². The molecule has 0 amide bonds. The molecule has 0 spiro atoms. The molecule has 28 heavy (non-hydrogen) atoms. The maximum Gasteiger partial charge on any atom is 0.169 e. The van der Waals surface area contributed by atoms with E-state index in [1.165, 1.54) is 12.1 Å². The first-order chi connectivity index (χ1) is 13.1. The summed E-state index contributed by atoms with van der Waals surface area (Å²) in [6.45, 7) is 11.2. The summed E-state index contributed by atoms with van der Waals surface area (Å²) >= 11 is 5.83. The first-order valence-electron chi connectivity index (χ1n) is 10.3. The van der Waals surface area contributed by atoms with Gasteiger partial charge in [0.2, 0.25) is 0 Å². The van der Waals surface area contributed by atoms with Crippen LogP contribution in [0.25, 0.3) is 0 Å². The van der Waals surface area contributed by atoms with Crippen molar-refractivity contribution in [3.63, 3.8) is 0 Å². The molecule has 0 aromatic heterocycles. The van der Waals surface area contributed by atoms with Crippen LogP contribution in [0.3, 0.4) is 0 Å². The Morgan fingerprint density at radius 1 is 1.21 bits per heavy atom. The first-order valence-corrected chi connectivity index (χ1v) is 10.7. The number of piperidine rings is 1. The Hall–Kier alpha value is -1.24. The van der Waals surface area contributed by atoms with Crippen molar-refractivity contribution < 1.29 is 9.13 Å². The Labute approximate surface area is 174 Å². The fourth-order valence-corrected chi connectivity index (χ4v) is 5.06. The van der Waals surface area contributed by atoms with E-state index in [4.69, 9.17) is 17.0 Å². The molecule has 156 valence electrons. The van der Waals surface area contributed by atoms with Gasteiger partial charge in [-0.25, -0.2) is 4.39 Å². The van der Waals surface area contributed by atoms with Crippen LogP contribution in [0.15, 0.2) is 24.3 Å². The van der Waals surface area contributed by atoms with Gasteiger partial charge in [0.05, 0.1) is 6.10 Å². The van der Waals surface area contributed by atoms with Crippen LogP contribution in [0.2, 0.25) is 0 Å². The second-order valence-corrected chi connectivity index (χ2v) is 9.98. The summed E-state index contributed by atoms with van der Waals surface area (Å²) in [5.41, 5.74) is 1.17. The second kappa shape index (κ2) is 8.64. The molecule has 4 nitrogen and oxygen atoms in total. The third-order valence-electron chi connectivity index (χ3n) is 5.54.